The van der Waals surface area contributed by atoms with Crippen LogP contribution in [0.1, 0.15) is 28.6 Å². The summed E-state index contributed by atoms with van der Waals surface area (Å²) in [5, 5.41) is 8.06. The van der Waals surface area contributed by atoms with Gasteiger partial charge >= 0.3 is 5.97 Å². The number of ether oxygens (including phenoxy) is 2. The van der Waals surface area contributed by atoms with E-state index in [1.165, 1.54) is 14.2 Å². The molecule has 0 spiro atoms. The van der Waals surface area contributed by atoms with Gasteiger partial charge in [0.25, 0.3) is 0 Å². The Bertz CT molecular complexity index is 1610. The fourth-order valence-corrected chi connectivity index (χ4v) is 4.79. The van der Waals surface area contributed by atoms with E-state index < -0.39 is 5.97 Å². The summed E-state index contributed by atoms with van der Waals surface area (Å²) in [6.45, 7) is 0. The predicted molar refractivity (Wildman–Crippen MR) is 153 cm³/mol. The van der Waals surface area contributed by atoms with Gasteiger partial charge in [0.05, 0.1) is 42.6 Å². The summed E-state index contributed by atoms with van der Waals surface area (Å²) in [5.74, 6) is 0.442. The first kappa shape index (κ1) is 25.7. The number of rotatable bonds is 7. The number of carbonyl (C=O) groups excluding carboxylic acids is 1. The average Bonchev–Trinajstić information content (AvgIpc) is 3.32. The molecule has 5 rings (SSSR count). The Kier molecular flexibility index (Phi) is 7.09. The molecule has 0 atom stereocenters. The van der Waals surface area contributed by atoms with Gasteiger partial charge in [-0.25, -0.2) is 14.8 Å². The molecule has 0 aliphatic heterocycles. The first-order chi connectivity index (χ1) is 19.0. The van der Waals surface area contributed by atoms with Gasteiger partial charge in [0.15, 0.2) is 0 Å². The van der Waals surface area contributed by atoms with Crippen LogP contribution in [0.5, 0.6) is 5.75 Å². The van der Waals surface area contributed by atoms with Crippen molar-refractivity contribution < 1.29 is 15.7 Å². The second-order valence-electron chi connectivity index (χ2n) is 8.98. The third-order valence-electron chi connectivity index (χ3n) is 6.66. The summed E-state index contributed by atoms with van der Waals surface area (Å²) < 4.78 is 12.2. The summed E-state index contributed by atoms with van der Waals surface area (Å²) >= 11 is 0. The number of aromatic nitrogens is 4. The second kappa shape index (κ2) is 10.8. The number of nitrogens with zero attached hydrogens (tertiary/aromatic N) is 5. The average molecular weight is 526 g/mol. The zero-order valence-electron chi connectivity index (χ0n) is 22.2. The van der Waals surface area contributed by atoms with Gasteiger partial charge in [-0.15, -0.1) is 0 Å². The number of allylic oxidation sites excluding steroid dienone is 1. The summed E-state index contributed by atoms with van der Waals surface area (Å²) in [7, 11) is 6.54. The van der Waals surface area contributed by atoms with Gasteiger partial charge in [-0.05, 0) is 42.2 Å². The van der Waals surface area contributed by atoms with Crippen LogP contribution in [0.25, 0.3) is 28.1 Å². The van der Waals surface area contributed by atoms with Crippen molar-refractivity contribution in [2.75, 3.05) is 26.6 Å². The number of carbonyl (C=O) groups is 1. The Labute approximate surface area is 227 Å². The summed E-state index contributed by atoms with van der Waals surface area (Å²) in [4.78, 5) is 25.5. The SMILES string of the molecule is CN=C/C(=C\N)c1ccc(-c2c3c(nn2C)CCc2cnc(Nc4ccc(C(=O)OC)cc4OC)nc2-3)cc1.[HH]. The molecule has 0 saturated carbocycles. The molecule has 1 aliphatic rings. The molecule has 200 valence electrons. The molecule has 0 amide bonds. The van der Waals surface area contributed by atoms with E-state index in [9.17, 15) is 4.79 Å². The zero-order chi connectivity index (χ0) is 27.5. The van der Waals surface area contributed by atoms with Crippen molar-refractivity contribution in [1.29, 1.82) is 0 Å². The van der Waals surface area contributed by atoms with Gasteiger partial charge in [0.1, 0.15) is 5.75 Å². The third kappa shape index (κ3) is 4.84. The molecule has 3 N–H and O–H groups in total. The minimum atomic E-state index is -0.441. The smallest absolute Gasteiger partial charge is 0.337 e. The number of nitrogens with one attached hydrogen (secondary N) is 1. The minimum Gasteiger partial charge on any atom is -0.495 e. The number of benzene rings is 2. The maximum atomic E-state index is 11.9. The number of anilines is 2. The lowest BCUT2D eigenvalue weighted by Gasteiger charge is -2.18. The van der Waals surface area contributed by atoms with Crippen LogP contribution in [0.15, 0.2) is 59.9 Å². The molecular weight excluding hydrogens is 494 g/mol. The molecule has 4 aromatic rings. The van der Waals surface area contributed by atoms with Crippen LogP contribution in [-0.2, 0) is 24.6 Å². The van der Waals surface area contributed by atoms with Crippen LogP contribution < -0.4 is 15.8 Å². The lowest BCUT2D eigenvalue weighted by molar-refractivity contribution is 0.0600. The number of hydrogen-bond donors (Lipinski definition) is 2. The lowest BCUT2D eigenvalue weighted by atomic mass is 9.91. The van der Waals surface area contributed by atoms with Gasteiger partial charge in [0.2, 0.25) is 5.95 Å². The Morgan fingerprint density at radius 1 is 1.15 bits per heavy atom. The Morgan fingerprint density at radius 3 is 2.62 bits per heavy atom. The number of aryl methyl sites for hydroxylation is 3. The largest absolute Gasteiger partial charge is 0.495 e. The Hall–Kier alpha value is -4.99. The summed E-state index contributed by atoms with van der Waals surface area (Å²) in [5.41, 5.74) is 14.5. The summed E-state index contributed by atoms with van der Waals surface area (Å²) in [6.07, 6.45) is 6.75. The van der Waals surface area contributed by atoms with Crippen LogP contribution in [0.3, 0.4) is 0 Å². The van der Waals surface area contributed by atoms with Crippen molar-refractivity contribution in [2.24, 2.45) is 17.8 Å². The molecule has 10 heteroatoms. The van der Waals surface area contributed by atoms with Crippen LogP contribution in [0.4, 0.5) is 11.6 Å². The van der Waals surface area contributed by atoms with Crippen molar-refractivity contribution in [2.45, 2.75) is 12.8 Å². The second-order valence-corrected chi connectivity index (χ2v) is 8.98. The standard InChI is InChI=1S/C29H29N7O3.H2/c1-31-15-21(14-30)17-5-7-18(8-6-17)27-25-23(35-36(27)2)12-10-20-16-32-29(34-26(20)25)33-22-11-9-19(28(37)39-4)13-24(22)38-3;/h5-9,11,13-16H,10,12,30H2,1-4H3,(H,32,33,34);1H/b21-14+,31-15?;. The van der Waals surface area contributed by atoms with Gasteiger partial charge in [0, 0.05) is 50.8 Å². The quantitative estimate of drug-likeness (QED) is 0.268. The highest BCUT2D eigenvalue weighted by Crippen LogP contribution is 2.40. The maximum Gasteiger partial charge on any atom is 0.337 e. The van der Waals surface area contributed by atoms with Crippen LogP contribution in [-0.4, -0.2) is 53.2 Å². The van der Waals surface area contributed by atoms with Crippen LogP contribution in [0.2, 0.25) is 0 Å². The molecule has 2 aromatic carbocycles. The highest BCUT2D eigenvalue weighted by Gasteiger charge is 2.27. The van der Waals surface area contributed by atoms with Crippen LogP contribution in [0, 0.1) is 0 Å². The molecule has 0 fully saturated rings. The highest BCUT2D eigenvalue weighted by atomic mass is 16.5. The first-order valence-corrected chi connectivity index (χ1v) is 12.4. The van der Waals surface area contributed by atoms with E-state index >= 15 is 0 Å². The van der Waals surface area contributed by atoms with E-state index in [2.05, 4.69) is 27.4 Å². The number of aliphatic imine (C=N–C) groups is 1. The van der Waals surface area contributed by atoms with Crippen molar-refractivity contribution in [3.63, 3.8) is 0 Å². The van der Waals surface area contributed by atoms with E-state index in [0.29, 0.717) is 22.9 Å². The van der Waals surface area contributed by atoms with Crippen LogP contribution >= 0.6 is 0 Å². The normalized spacial score (nSPS) is 12.7. The van der Waals surface area contributed by atoms with Crippen molar-refractivity contribution in [3.8, 4) is 28.3 Å². The molecule has 0 saturated heterocycles. The number of nitrogens with two attached hydrogens (primary N) is 1. The van der Waals surface area contributed by atoms with Gasteiger partial charge in [-0.1, -0.05) is 24.3 Å². The van der Waals surface area contributed by atoms with Gasteiger partial charge in [-0.3, -0.25) is 9.67 Å². The van der Waals surface area contributed by atoms with Crippen molar-refractivity contribution in [1.82, 2.24) is 19.7 Å². The number of hydrogen-bond acceptors (Lipinski definition) is 9. The topological polar surface area (TPSA) is 130 Å². The molecule has 0 unspecified atom stereocenters. The Morgan fingerprint density at radius 2 is 1.92 bits per heavy atom. The minimum absolute atomic E-state index is 0. The Balaban J connectivity index is 0.00000370. The zero-order valence-corrected chi connectivity index (χ0v) is 22.2. The number of methoxy groups -OCH3 is 2. The molecule has 2 heterocycles. The van der Waals surface area contributed by atoms with E-state index in [1.54, 1.807) is 37.7 Å². The monoisotopic (exact) mass is 525 g/mol. The molecule has 10 nitrogen and oxygen atoms in total. The lowest BCUT2D eigenvalue weighted by Crippen LogP contribution is -2.09. The third-order valence-corrected chi connectivity index (χ3v) is 6.66. The molecule has 39 heavy (non-hydrogen) atoms. The molecule has 0 bridgehead atoms. The van der Waals surface area contributed by atoms with E-state index in [4.69, 9.17) is 25.3 Å². The predicted octanol–water partition coefficient (Wildman–Crippen LogP) is 4.43. The van der Waals surface area contributed by atoms with E-state index in [1.807, 2.05) is 30.1 Å². The highest BCUT2D eigenvalue weighted by molar-refractivity contribution is 6.09. The van der Waals surface area contributed by atoms with Crippen molar-refractivity contribution in [3.05, 3.63) is 77.2 Å². The van der Waals surface area contributed by atoms with Crippen molar-refractivity contribution >= 4 is 29.4 Å². The number of fused-ring (bicyclic) bond motifs is 3. The number of esters is 1. The maximum absolute atomic E-state index is 11.9. The first-order valence-electron chi connectivity index (χ1n) is 12.4. The molecule has 2 aromatic heterocycles. The fraction of sp³-hybridized carbons (Fsp3) is 0.207. The summed E-state index contributed by atoms with van der Waals surface area (Å²) in [6, 6.07) is 13.2. The molecular formula is C29H31N7O3. The molecule has 1 aliphatic carbocycles. The molecule has 0 radical (unpaired) electrons. The van der Waals surface area contributed by atoms with Gasteiger partial charge in [-0.2, -0.15) is 5.10 Å². The van der Waals surface area contributed by atoms with E-state index in [-0.39, 0.29) is 1.43 Å². The van der Waals surface area contributed by atoms with Gasteiger partial charge < -0.3 is 20.5 Å². The van der Waals surface area contributed by atoms with E-state index in [0.717, 1.165) is 57.8 Å². The fourth-order valence-electron chi connectivity index (χ4n) is 4.79.